The van der Waals surface area contributed by atoms with Crippen LogP contribution in [0.4, 0.5) is 0 Å². The van der Waals surface area contributed by atoms with Gasteiger partial charge < -0.3 is 4.90 Å². The summed E-state index contributed by atoms with van der Waals surface area (Å²) in [6, 6.07) is 9.85. The van der Waals surface area contributed by atoms with E-state index >= 15 is 0 Å². The Labute approximate surface area is 148 Å². The van der Waals surface area contributed by atoms with Crippen molar-refractivity contribution in [3.63, 3.8) is 0 Å². The van der Waals surface area contributed by atoms with Crippen LogP contribution in [0.2, 0.25) is 0 Å². The topological polar surface area (TPSA) is 72.3 Å². The molecule has 0 N–H and O–H groups in total. The highest BCUT2D eigenvalue weighted by atomic mass is 32.2. The number of benzene rings is 1. The maximum absolute atomic E-state index is 12.6. The minimum absolute atomic E-state index is 0.0303. The molecular formula is C18H23N3O3S. The number of rotatable bonds is 4. The zero-order chi connectivity index (χ0) is 18.2. The van der Waals surface area contributed by atoms with Crippen molar-refractivity contribution < 1.29 is 13.2 Å². The summed E-state index contributed by atoms with van der Waals surface area (Å²) < 4.78 is 25.1. The van der Waals surface area contributed by atoms with Gasteiger partial charge >= 0.3 is 0 Å². The Bertz CT molecular complexity index is 888. The number of hydrogen-bond acceptors (Lipinski definition) is 4. The molecule has 0 bridgehead atoms. The third-order valence-corrected chi connectivity index (χ3v) is 6.56. The second-order valence-electron chi connectivity index (χ2n) is 6.69. The lowest BCUT2D eigenvalue weighted by atomic mass is 10.1. The first-order chi connectivity index (χ1) is 11.8. The van der Waals surface area contributed by atoms with Gasteiger partial charge in [0.05, 0.1) is 28.8 Å². The average Bonchev–Trinajstić information content (AvgIpc) is 3.08. The Morgan fingerprint density at radius 2 is 1.96 bits per heavy atom. The second kappa shape index (κ2) is 6.63. The lowest BCUT2D eigenvalue weighted by Crippen LogP contribution is -2.33. The van der Waals surface area contributed by atoms with Gasteiger partial charge in [-0.15, -0.1) is 0 Å². The molecule has 25 heavy (non-hydrogen) atoms. The largest absolute Gasteiger partial charge is 0.341 e. The molecule has 1 atom stereocenters. The SMILES string of the molecule is Cc1nn(-c2ccccc2)c(C)c1CN(C)C(=O)C1CCS(=O)(=O)C1. The van der Waals surface area contributed by atoms with Gasteiger partial charge in [0.25, 0.3) is 0 Å². The van der Waals surface area contributed by atoms with Crippen LogP contribution in [0.5, 0.6) is 0 Å². The van der Waals surface area contributed by atoms with Gasteiger partial charge in [-0.25, -0.2) is 13.1 Å². The highest BCUT2D eigenvalue weighted by Crippen LogP contribution is 2.23. The summed E-state index contributed by atoms with van der Waals surface area (Å²) >= 11 is 0. The van der Waals surface area contributed by atoms with Gasteiger partial charge in [0.1, 0.15) is 0 Å². The molecule has 1 aliphatic rings. The highest BCUT2D eigenvalue weighted by Gasteiger charge is 2.34. The Balaban J connectivity index is 1.79. The molecule has 1 fully saturated rings. The number of para-hydroxylation sites is 1. The highest BCUT2D eigenvalue weighted by molar-refractivity contribution is 7.91. The molecule has 2 heterocycles. The average molecular weight is 361 g/mol. The van der Waals surface area contributed by atoms with E-state index < -0.39 is 15.8 Å². The van der Waals surface area contributed by atoms with E-state index in [2.05, 4.69) is 5.10 Å². The van der Waals surface area contributed by atoms with Gasteiger partial charge in [-0.05, 0) is 32.4 Å². The molecule has 0 radical (unpaired) electrons. The third-order valence-electron chi connectivity index (χ3n) is 4.80. The van der Waals surface area contributed by atoms with Gasteiger partial charge in [-0.1, -0.05) is 18.2 Å². The van der Waals surface area contributed by atoms with Crippen LogP contribution in [-0.2, 0) is 21.2 Å². The van der Waals surface area contributed by atoms with Crippen LogP contribution in [-0.4, -0.2) is 47.6 Å². The number of amides is 1. The number of hydrogen-bond donors (Lipinski definition) is 0. The van der Waals surface area contributed by atoms with Gasteiger partial charge in [0, 0.05) is 24.8 Å². The van der Waals surface area contributed by atoms with Crippen LogP contribution in [0.1, 0.15) is 23.4 Å². The van der Waals surface area contributed by atoms with E-state index in [0.717, 1.165) is 22.6 Å². The predicted molar refractivity (Wildman–Crippen MR) is 96.3 cm³/mol. The lowest BCUT2D eigenvalue weighted by molar-refractivity contribution is -0.133. The first-order valence-corrected chi connectivity index (χ1v) is 10.2. The van der Waals surface area contributed by atoms with Crippen molar-refractivity contribution >= 4 is 15.7 Å². The minimum atomic E-state index is -3.06. The Hall–Kier alpha value is -2.15. The fourth-order valence-corrected chi connectivity index (χ4v) is 5.07. The standard InChI is InChI=1S/C18H23N3O3S/c1-13-17(14(2)21(19-13)16-7-5-4-6-8-16)11-20(3)18(22)15-9-10-25(23,24)12-15/h4-8,15H,9-12H2,1-3H3. The Kier molecular flexibility index (Phi) is 4.69. The zero-order valence-electron chi connectivity index (χ0n) is 14.8. The Morgan fingerprint density at radius 3 is 2.56 bits per heavy atom. The molecule has 0 saturated carbocycles. The van der Waals surface area contributed by atoms with E-state index in [4.69, 9.17) is 0 Å². The van der Waals surface area contributed by atoms with Crippen LogP contribution in [0, 0.1) is 19.8 Å². The van der Waals surface area contributed by atoms with Crippen LogP contribution < -0.4 is 0 Å². The molecule has 1 unspecified atom stereocenters. The summed E-state index contributed by atoms with van der Waals surface area (Å²) in [5, 5.41) is 4.60. The summed E-state index contributed by atoms with van der Waals surface area (Å²) in [7, 11) is -1.33. The molecule has 1 saturated heterocycles. The number of aromatic nitrogens is 2. The smallest absolute Gasteiger partial charge is 0.226 e. The molecule has 3 rings (SSSR count). The molecule has 7 heteroatoms. The molecule has 1 amide bonds. The number of nitrogens with zero attached hydrogens (tertiary/aromatic N) is 3. The maximum atomic E-state index is 12.6. The third kappa shape index (κ3) is 3.61. The molecule has 1 aromatic carbocycles. The van der Waals surface area contributed by atoms with Crippen molar-refractivity contribution in [2.75, 3.05) is 18.6 Å². The van der Waals surface area contributed by atoms with Crippen molar-refractivity contribution in [2.24, 2.45) is 5.92 Å². The molecule has 1 aliphatic heterocycles. The van der Waals surface area contributed by atoms with Crippen LogP contribution in [0.15, 0.2) is 30.3 Å². The van der Waals surface area contributed by atoms with Crippen LogP contribution in [0.25, 0.3) is 5.69 Å². The van der Waals surface area contributed by atoms with E-state index in [9.17, 15) is 13.2 Å². The molecule has 6 nitrogen and oxygen atoms in total. The fraction of sp³-hybridized carbons (Fsp3) is 0.444. The van der Waals surface area contributed by atoms with Gasteiger partial charge in [-0.3, -0.25) is 4.79 Å². The quantitative estimate of drug-likeness (QED) is 0.834. The van der Waals surface area contributed by atoms with Crippen molar-refractivity contribution in [2.45, 2.75) is 26.8 Å². The molecule has 0 spiro atoms. The summed E-state index contributed by atoms with van der Waals surface area (Å²) in [5.41, 5.74) is 3.84. The second-order valence-corrected chi connectivity index (χ2v) is 8.92. The number of carbonyl (C=O) groups excluding carboxylic acids is 1. The number of carbonyl (C=O) groups is 1. The van der Waals surface area contributed by atoms with Gasteiger partial charge in [0.2, 0.25) is 5.91 Å². The van der Waals surface area contributed by atoms with E-state index in [1.165, 1.54) is 0 Å². The molecule has 0 aliphatic carbocycles. The normalized spacial score (nSPS) is 19.1. The summed E-state index contributed by atoms with van der Waals surface area (Å²) in [6.07, 6.45) is 0.423. The van der Waals surface area contributed by atoms with Crippen molar-refractivity contribution in [1.29, 1.82) is 0 Å². The zero-order valence-corrected chi connectivity index (χ0v) is 15.6. The van der Waals surface area contributed by atoms with E-state index in [1.54, 1.807) is 11.9 Å². The molecule has 134 valence electrons. The maximum Gasteiger partial charge on any atom is 0.226 e. The van der Waals surface area contributed by atoms with Gasteiger partial charge in [0.15, 0.2) is 9.84 Å². The van der Waals surface area contributed by atoms with Crippen molar-refractivity contribution in [3.8, 4) is 5.69 Å². The number of sulfone groups is 1. The summed E-state index contributed by atoms with van der Waals surface area (Å²) in [4.78, 5) is 14.2. The van der Waals surface area contributed by atoms with Gasteiger partial charge in [-0.2, -0.15) is 5.10 Å². The first kappa shape index (κ1) is 17.7. The lowest BCUT2D eigenvalue weighted by Gasteiger charge is -2.20. The van der Waals surface area contributed by atoms with Crippen LogP contribution in [0.3, 0.4) is 0 Å². The molecule has 1 aromatic heterocycles. The fourth-order valence-electron chi connectivity index (χ4n) is 3.34. The van der Waals surface area contributed by atoms with Crippen molar-refractivity contribution in [1.82, 2.24) is 14.7 Å². The van der Waals surface area contributed by atoms with E-state index in [-0.39, 0.29) is 17.4 Å². The Morgan fingerprint density at radius 1 is 1.28 bits per heavy atom. The first-order valence-electron chi connectivity index (χ1n) is 8.34. The number of aryl methyl sites for hydroxylation is 1. The van der Waals surface area contributed by atoms with Crippen molar-refractivity contribution in [3.05, 3.63) is 47.3 Å². The van der Waals surface area contributed by atoms with E-state index in [1.807, 2.05) is 48.9 Å². The molecular weight excluding hydrogens is 338 g/mol. The summed E-state index contributed by atoms with van der Waals surface area (Å²) in [6.45, 7) is 4.35. The van der Waals surface area contributed by atoms with Crippen LogP contribution >= 0.6 is 0 Å². The monoisotopic (exact) mass is 361 g/mol. The minimum Gasteiger partial charge on any atom is -0.341 e. The van der Waals surface area contributed by atoms with E-state index in [0.29, 0.717) is 13.0 Å². The predicted octanol–water partition coefficient (Wildman–Crippen LogP) is 1.88. The summed E-state index contributed by atoms with van der Waals surface area (Å²) in [5.74, 6) is -0.439. The molecule has 2 aromatic rings.